The lowest BCUT2D eigenvalue weighted by atomic mass is 9.85. The number of benzene rings is 10. The average molecular weight is 865 g/mol. The molecule has 336 valence electrons. The van der Waals surface area contributed by atoms with Crippen LogP contribution in [0.3, 0.4) is 0 Å². The van der Waals surface area contributed by atoms with E-state index in [1.807, 2.05) is 64.1 Å². The highest BCUT2D eigenvalue weighted by Gasteiger charge is 2.16. The van der Waals surface area contributed by atoms with Crippen LogP contribution in [0.2, 0.25) is 0 Å². The van der Waals surface area contributed by atoms with Gasteiger partial charge < -0.3 is 0 Å². The maximum atomic E-state index is 2.29. The highest BCUT2D eigenvalue weighted by atomic mass is 14.2. The molecule has 0 heteroatoms. The molecule has 0 bridgehead atoms. The molecule has 10 rings (SSSR count). The molecule has 0 saturated heterocycles. The molecule has 0 radical (unpaired) electrons. The normalized spacial score (nSPS) is 10.7. The smallest absolute Gasteiger partial charge is 0.00268 e. The van der Waals surface area contributed by atoms with E-state index < -0.39 is 0 Å². The highest BCUT2D eigenvalue weighted by Crippen LogP contribution is 2.39. The minimum atomic E-state index is 0.180. The second-order valence-electron chi connectivity index (χ2n) is 18.4. The van der Waals surface area contributed by atoms with Gasteiger partial charge in [0.1, 0.15) is 0 Å². The first kappa shape index (κ1) is 50.2. The van der Waals surface area contributed by atoms with Crippen LogP contribution in [-0.4, -0.2) is 0 Å². The van der Waals surface area contributed by atoms with Gasteiger partial charge in [0.05, 0.1) is 0 Å². The zero-order valence-electron chi connectivity index (χ0n) is 41.8. The molecule has 10 aromatic carbocycles. The zero-order valence-corrected chi connectivity index (χ0v) is 41.8. The van der Waals surface area contributed by atoms with Crippen LogP contribution in [0.5, 0.6) is 0 Å². The summed E-state index contributed by atoms with van der Waals surface area (Å²) in [6.07, 6.45) is 0. The van der Waals surface area contributed by atoms with Gasteiger partial charge in [-0.25, -0.2) is 0 Å². The molecule has 10 aromatic rings. The summed E-state index contributed by atoms with van der Waals surface area (Å²) in [6, 6.07) is 78.0. The van der Waals surface area contributed by atoms with Crippen molar-refractivity contribution >= 4 is 43.1 Å². The molecule has 0 nitrogen and oxygen atoms in total. The summed E-state index contributed by atoms with van der Waals surface area (Å²) in [5.74, 6) is 0. The second kappa shape index (κ2) is 24.0. The third kappa shape index (κ3) is 13.2. The van der Waals surface area contributed by atoms with E-state index in [1.165, 1.54) is 87.6 Å². The molecule has 0 atom stereocenters. The van der Waals surface area contributed by atoms with Gasteiger partial charge in [0.15, 0.2) is 0 Å². The monoisotopic (exact) mass is 865 g/mol. The Hall–Kier alpha value is -6.76. The molecule has 0 aliphatic rings. The fraction of sp³-hybridized carbons (Fsp3) is 0.212. The molecule has 66 heavy (non-hydrogen) atoms. The number of hydrogen-bond acceptors (Lipinski definition) is 0. The van der Waals surface area contributed by atoms with Gasteiger partial charge in [-0.3, -0.25) is 0 Å². The SMILES string of the molecule is CC.CC.CC(C)(C)c1ccc(-c2c3ccccc3cc3ccccc23)cc1.CC(C)(C)c1ccc(-c2c3ccccc3cc3ccccc23)cc1.Cc1ccccc1.Cc1ccccc1. The average Bonchev–Trinajstić information content (AvgIpc) is 3.34. The van der Waals surface area contributed by atoms with Crippen LogP contribution in [0.4, 0.5) is 0 Å². The van der Waals surface area contributed by atoms with E-state index in [2.05, 4.69) is 237 Å². The molecule has 0 aromatic heterocycles. The lowest BCUT2D eigenvalue weighted by Crippen LogP contribution is -2.10. The van der Waals surface area contributed by atoms with E-state index in [4.69, 9.17) is 0 Å². The first-order chi connectivity index (χ1) is 31.9. The molecule has 0 N–H and O–H groups in total. The number of fused-ring (bicyclic) bond motifs is 4. The largest absolute Gasteiger partial charge is 0.0683 e. The molecule has 0 spiro atoms. The Labute approximate surface area is 398 Å². The Balaban J connectivity index is 0.000000181. The molecule has 0 amide bonds. The van der Waals surface area contributed by atoms with Crippen molar-refractivity contribution < 1.29 is 0 Å². The number of rotatable bonds is 2. The summed E-state index contributed by atoms with van der Waals surface area (Å²) in [6.45, 7) is 25.7. The lowest BCUT2D eigenvalue weighted by Gasteiger charge is -2.20. The predicted octanol–water partition coefficient (Wildman–Crippen LogP) is 20.0. The summed E-state index contributed by atoms with van der Waals surface area (Å²) in [5.41, 5.74) is 11.0. The summed E-state index contributed by atoms with van der Waals surface area (Å²) in [4.78, 5) is 0. The van der Waals surface area contributed by atoms with Crippen LogP contribution in [0.25, 0.3) is 65.3 Å². The van der Waals surface area contributed by atoms with E-state index in [9.17, 15) is 0 Å². The molecule has 0 aliphatic heterocycles. The Morgan fingerprint density at radius 2 is 0.485 bits per heavy atom. The zero-order chi connectivity index (χ0) is 47.7. The van der Waals surface area contributed by atoms with Crippen LogP contribution >= 0.6 is 0 Å². The van der Waals surface area contributed by atoms with Crippen LogP contribution in [0.1, 0.15) is 91.5 Å². The molecular formula is C66H72. The third-order valence-corrected chi connectivity index (χ3v) is 11.5. The summed E-state index contributed by atoms with van der Waals surface area (Å²) >= 11 is 0. The van der Waals surface area contributed by atoms with Gasteiger partial charge >= 0.3 is 0 Å². The predicted molar refractivity (Wildman–Crippen MR) is 296 cm³/mol. The molecule has 0 heterocycles. The van der Waals surface area contributed by atoms with Gasteiger partial charge in [-0.05, 0) is 113 Å². The quantitative estimate of drug-likeness (QED) is 0.152. The number of hydrogen-bond donors (Lipinski definition) is 0. The maximum Gasteiger partial charge on any atom is -0.00268 e. The minimum absolute atomic E-state index is 0.180. The van der Waals surface area contributed by atoms with Gasteiger partial charge in [-0.15, -0.1) is 0 Å². The topological polar surface area (TPSA) is 0 Å². The van der Waals surface area contributed by atoms with Crippen molar-refractivity contribution in [2.75, 3.05) is 0 Å². The Kier molecular flexibility index (Phi) is 18.2. The van der Waals surface area contributed by atoms with E-state index >= 15 is 0 Å². The first-order valence-corrected chi connectivity index (χ1v) is 23.9. The Bertz CT molecular complexity index is 2680. The van der Waals surface area contributed by atoms with Crippen LogP contribution in [0, 0.1) is 13.8 Å². The van der Waals surface area contributed by atoms with E-state index in [-0.39, 0.29) is 10.8 Å². The van der Waals surface area contributed by atoms with Gasteiger partial charge in [-0.2, -0.15) is 0 Å². The second-order valence-corrected chi connectivity index (χ2v) is 18.4. The van der Waals surface area contributed by atoms with Crippen LogP contribution in [-0.2, 0) is 10.8 Å². The van der Waals surface area contributed by atoms with Crippen molar-refractivity contribution in [2.45, 2.75) is 93.9 Å². The lowest BCUT2D eigenvalue weighted by molar-refractivity contribution is 0.590. The van der Waals surface area contributed by atoms with Gasteiger partial charge in [0.25, 0.3) is 0 Å². The Morgan fingerprint density at radius 1 is 0.258 bits per heavy atom. The van der Waals surface area contributed by atoms with E-state index in [1.54, 1.807) is 0 Å². The minimum Gasteiger partial charge on any atom is -0.0683 e. The fourth-order valence-corrected chi connectivity index (χ4v) is 7.99. The molecule has 0 aliphatic carbocycles. The summed E-state index contributed by atoms with van der Waals surface area (Å²) in [5, 5.41) is 10.5. The van der Waals surface area contributed by atoms with Gasteiger partial charge in [0, 0.05) is 0 Å². The summed E-state index contributed by atoms with van der Waals surface area (Å²) in [7, 11) is 0. The fourth-order valence-electron chi connectivity index (χ4n) is 7.99. The van der Waals surface area contributed by atoms with Gasteiger partial charge in [0.2, 0.25) is 0 Å². The van der Waals surface area contributed by atoms with Crippen LogP contribution in [0.15, 0.2) is 218 Å². The van der Waals surface area contributed by atoms with Crippen molar-refractivity contribution in [3.8, 4) is 22.3 Å². The third-order valence-electron chi connectivity index (χ3n) is 11.5. The van der Waals surface area contributed by atoms with Gasteiger partial charge in [-0.1, -0.05) is 287 Å². The highest BCUT2D eigenvalue weighted by molar-refractivity contribution is 6.13. The van der Waals surface area contributed by atoms with Crippen molar-refractivity contribution in [2.24, 2.45) is 0 Å². The molecular weight excluding hydrogens is 793 g/mol. The van der Waals surface area contributed by atoms with Crippen molar-refractivity contribution in [3.05, 3.63) is 241 Å². The van der Waals surface area contributed by atoms with Crippen molar-refractivity contribution in [3.63, 3.8) is 0 Å². The number of aryl methyl sites for hydroxylation is 2. The van der Waals surface area contributed by atoms with Crippen molar-refractivity contribution in [1.29, 1.82) is 0 Å². The Morgan fingerprint density at radius 3 is 0.697 bits per heavy atom. The maximum absolute atomic E-state index is 2.29. The molecule has 0 fully saturated rings. The first-order valence-electron chi connectivity index (χ1n) is 23.9. The van der Waals surface area contributed by atoms with Crippen LogP contribution < -0.4 is 0 Å². The van der Waals surface area contributed by atoms with Crippen molar-refractivity contribution in [1.82, 2.24) is 0 Å². The standard InChI is InChI=1S/2C24H22.2C7H8.2C2H6/c2*1-24(2,3)20-14-12-17(13-15-20)23-21-10-6-4-8-18(21)16-19-9-5-7-11-22(19)23;2*1-7-5-3-2-4-6-7;2*1-2/h2*4-16H,1-3H3;2*2-6H,1H3;2*1-2H3. The summed E-state index contributed by atoms with van der Waals surface area (Å²) < 4.78 is 0. The molecule has 0 saturated carbocycles. The van der Waals surface area contributed by atoms with E-state index in [0.717, 1.165) is 0 Å². The molecule has 0 unspecified atom stereocenters. The van der Waals surface area contributed by atoms with E-state index in [0.29, 0.717) is 0 Å².